The Bertz CT molecular complexity index is 1860. The maximum atomic E-state index is 13.9. The molecule has 0 atom stereocenters. The first-order valence-corrected chi connectivity index (χ1v) is 15.9. The molecule has 16 heteroatoms. The molecule has 1 N–H and O–H groups in total. The second kappa shape index (κ2) is 17.3. The molecule has 1 heterocycles. The Morgan fingerprint density at radius 2 is 1.34 bits per heavy atom. The van der Waals surface area contributed by atoms with Crippen molar-refractivity contribution < 1.29 is 86.2 Å². The van der Waals surface area contributed by atoms with E-state index in [1.165, 1.54) is 52.5 Å². The molecule has 0 aliphatic heterocycles. The molecule has 9 nitrogen and oxygen atoms in total. The predicted molar refractivity (Wildman–Crippen MR) is 182 cm³/mol. The number of hydrogen-bond donors (Lipinski definition) is 1. The van der Waals surface area contributed by atoms with Gasteiger partial charge in [0.1, 0.15) is 12.4 Å². The van der Waals surface area contributed by atoms with Crippen molar-refractivity contribution in [2.45, 2.75) is 59.1 Å². The van der Waals surface area contributed by atoms with Crippen molar-refractivity contribution in [2.24, 2.45) is 5.41 Å². The summed E-state index contributed by atoms with van der Waals surface area (Å²) in [4.78, 5) is 21.6. The third kappa shape index (κ3) is 10.7. The van der Waals surface area contributed by atoms with Crippen LogP contribution in [0.3, 0.4) is 0 Å². The number of hydrogen-bond acceptors (Lipinski definition) is 8. The number of aliphatic carboxylic acids is 1. The van der Waals surface area contributed by atoms with Gasteiger partial charge in [-0.2, -0.15) is 26.3 Å². The number of anilines is 1. The van der Waals surface area contributed by atoms with Gasteiger partial charge in [-0.05, 0) is 84.5 Å². The van der Waals surface area contributed by atoms with Gasteiger partial charge in [0.2, 0.25) is 5.95 Å². The van der Waals surface area contributed by atoms with Crippen molar-refractivity contribution in [1.29, 1.82) is 0 Å². The van der Waals surface area contributed by atoms with E-state index in [0.29, 0.717) is 46.1 Å². The summed E-state index contributed by atoms with van der Waals surface area (Å²) in [5.74, 6) is 0.224. The molecule has 0 unspecified atom stereocenters. The second-order valence-electron chi connectivity index (χ2n) is 12.9. The molecule has 53 heavy (non-hydrogen) atoms. The third-order valence-corrected chi connectivity index (χ3v) is 8.25. The molecule has 3 aromatic carbocycles. The number of ether oxygens (including phenoxy) is 4. The molecule has 0 amide bonds. The smallest absolute Gasteiger partial charge is 1.00 e. The number of carboxylic acid groups (broad SMARTS) is 1. The van der Waals surface area contributed by atoms with E-state index < -0.39 is 41.4 Å². The summed E-state index contributed by atoms with van der Waals surface area (Å²) in [7, 11) is 4.38. The van der Waals surface area contributed by atoms with Crippen LogP contribution in [0.2, 0.25) is 0 Å². The molecule has 0 saturated heterocycles. The Kier molecular flexibility index (Phi) is 14.1. The van der Waals surface area contributed by atoms with Gasteiger partial charge in [0.05, 0.1) is 50.3 Å². The number of benzene rings is 3. The quantitative estimate of drug-likeness (QED) is 0.120. The molecular formula is C37H40F6N3NaO6. The fraction of sp³-hybridized carbons (Fsp3) is 0.378. The molecule has 0 aliphatic carbocycles. The Hall–Kier alpha value is -4.21. The maximum Gasteiger partial charge on any atom is 1.00 e. The molecule has 4 rings (SSSR count). The number of rotatable bonds is 14. The van der Waals surface area contributed by atoms with Gasteiger partial charge in [0.25, 0.3) is 0 Å². The van der Waals surface area contributed by atoms with E-state index in [9.17, 15) is 36.2 Å². The fourth-order valence-corrected chi connectivity index (χ4v) is 5.20. The van der Waals surface area contributed by atoms with Crippen LogP contribution < -0.4 is 53.4 Å². The van der Waals surface area contributed by atoms with Gasteiger partial charge in [0.15, 0.2) is 17.2 Å². The Morgan fingerprint density at radius 3 is 1.83 bits per heavy atom. The zero-order chi connectivity index (χ0) is 38.6. The van der Waals surface area contributed by atoms with E-state index in [1.807, 2.05) is 26.0 Å². The van der Waals surface area contributed by atoms with Crippen LogP contribution in [0.5, 0.6) is 23.0 Å². The Labute approximate surface area is 327 Å². The topological polar surface area (TPSA) is 103 Å². The van der Waals surface area contributed by atoms with E-state index in [0.717, 1.165) is 5.56 Å². The molecule has 4 aromatic rings. The van der Waals surface area contributed by atoms with Gasteiger partial charge in [0, 0.05) is 18.7 Å². The van der Waals surface area contributed by atoms with Gasteiger partial charge in [-0.3, -0.25) is 4.79 Å². The predicted octanol–water partition coefficient (Wildman–Crippen LogP) is 6.14. The van der Waals surface area contributed by atoms with Crippen molar-refractivity contribution >= 4 is 11.9 Å². The van der Waals surface area contributed by atoms with Gasteiger partial charge >= 0.3 is 47.9 Å². The monoisotopic (exact) mass is 759 g/mol. The maximum absolute atomic E-state index is 13.9. The van der Waals surface area contributed by atoms with Crippen molar-refractivity contribution in [3.8, 4) is 34.1 Å². The van der Waals surface area contributed by atoms with Crippen LogP contribution in [0.25, 0.3) is 11.1 Å². The number of nitrogens with zero attached hydrogens (tertiary/aromatic N) is 3. The van der Waals surface area contributed by atoms with Crippen LogP contribution >= 0.6 is 0 Å². The van der Waals surface area contributed by atoms with Crippen LogP contribution in [-0.2, 0) is 30.2 Å². The summed E-state index contributed by atoms with van der Waals surface area (Å²) in [5, 5.41) is 9.42. The number of carboxylic acids is 1. The molecule has 0 saturated carbocycles. The zero-order valence-corrected chi connectivity index (χ0v) is 32.6. The van der Waals surface area contributed by atoms with Crippen LogP contribution in [0.4, 0.5) is 32.3 Å². The van der Waals surface area contributed by atoms with Gasteiger partial charge < -0.3 is 30.4 Å². The van der Waals surface area contributed by atoms with E-state index in [2.05, 4.69) is 9.97 Å². The average Bonchev–Trinajstić information content (AvgIpc) is 3.09. The first kappa shape index (κ1) is 43.2. The van der Waals surface area contributed by atoms with E-state index in [4.69, 9.17) is 18.9 Å². The van der Waals surface area contributed by atoms with Gasteiger partial charge in [-0.15, -0.1) is 0 Å². The molecule has 0 bridgehead atoms. The number of alkyl halides is 6. The zero-order valence-electron chi connectivity index (χ0n) is 31.6. The minimum absolute atomic E-state index is 0. The summed E-state index contributed by atoms with van der Waals surface area (Å²) in [5.41, 5.74) is -1.77. The van der Waals surface area contributed by atoms with Crippen molar-refractivity contribution in [2.75, 3.05) is 32.8 Å². The number of carbonyl (C=O) groups is 1. The minimum atomic E-state index is -5.06. The molecule has 0 radical (unpaired) electrons. The first-order valence-electron chi connectivity index (χ1n) is 15.9. The third-order valence-electron chi connectivity index (χ3n) is 8.25. The van der Waals surface area contributed by atoms with E-state index in [-0.39, 0.29) is 73.4 Å². The molecule has 282 valence electrons. The number of methoxy groups -OCH3 is 3. The summed E-state index contributed by atoms with van der Waals surface area (Å²) in [6, 6.07) is 10.4. The van der Waals surface area contributed by atoms with Crippen molar-refractivity contribution in [1.82, 2.24) is 9.97 Å². The molecular weight excluding hydrogens is 719 g/mol. The summed E-state index contributed by atoms with van der Waals surface area (Å²) in [6.45, 7) is 6.09. The van der Waals surface area contributed by atoms with Crippen LogP contribution in [0.1, 0.15) is 62.9 Å². The standard InChI is InChI=1S/C37H39F6N3O6.Na.H/c1-21(2)23-8-9-30(49-5)29(12-23)28-15-32(51-7)31(50-6)13-24(28)19-46(34-44-16-27(17-45-34)52-20-35(3,4)33(47)48)18-22-10-25(36(38,39)40)14-26(11-22)37(41,42)43;;/h8-17,21H,18-20H2,1-7H3,(H,47,48);;/q;+1;-1. The second-order valence-corrected chi connectivity index (χ2v) is 12.9. The summed E-state index contributed by atoms with van der Waals surface area (Å²) < 4.78 is 106. The normalized spacial score (nSPS) is 11.9. The van der Waals surface area contributed by atoms with Crippen LogP contribution in [-0.4, -0.2) is 49.0 Å². The van der Waals surface area contributed by atoms with Gasteiger partial charge in [-0.25, -0.2) is 9.97 Å². The Morgan fingerprint density at radius 1 is 0.792 bits per heavy atom. The minimum Gasteiger partial charge on any atom is -1.00 e. The largest absolute Gasteiger partial charge is 1.00 e. The van der Waals surface area contributed by atoms with Gasteiger partial charge in [-0.1, -0.05) is 19.9 Å². The molecule has 1 aromatic heterocycles. The van der Waals surface area contributed by atoms with Crippen molar-refractivity contribution in [3.05, 3.63) is 88.7 Å². The summed E-state index contributed by atoms with van der Waals surface area (Å²) >= 11 is 0. The SMILES string of the molecule is COc1cc(CN(Cc2cc(C(F)(F)F)cc(C(F)(F)F)c2)c2ncc(OCC(C)(C)C(=O)O)cn2)c(-c2cc(C(C)C)ccc2OC)cc1OC.[H-].[Na+]. The van der Waals surface area contributed by atoms with E-state index in [1.54, 1.807) is 18.2 Å². The fourth-order valence-electron chi connectivity index (χ4n) is 5.20. The van der Waals surface area contributed by atoms with Crippen LogP contribution in [0, 0.1) is 5.41 Å². The first-order chi connectivity index (χ1) is 24.3. The van der Waals surface area contributed by atoms with Crippen molar-refractivity contribution in [3.63, 3.8) is 0 Å². The summed E-state index contributed by atoms with van der Waals surface area (Å²) in [6.07, 6.45) is -7.64. The number of aromatic nitrogens is 2. The van der Waals surface area contributed by atoms with Crippen LogP contribution in [0.15, 0.2) is 60.9 Å². The molecule has 0 fully saturated rings. The Balaban J connectivity index is 0.00000504. The average molecular weight is 760 g/mol. The number of halogens is 6. The molecule has 0 aliphatic rings. The van der Waals surface area contributed by atoms with E-state index >= 15 is 0 Å². The molecule has 0 spiro atoms.